The molecule has 1 heterocycles. The molecule has 1 N–H and O–H groups in total. The Balaban J connectivity index is 2.22. The van der Waals surface area contributed by atoms with Crippen molar-refractivity contribution in [1.29, 1.82) is 0 Å². The number of nitrogens with zero attached hydrogens (tertiary/aromatic N) is 2. The largest absolute Gasteiger partial charge is 0.395 e. The lowest BCUT2D eigenvalue weighted by Crippen LogP contribution is -2.39. The molecule has 1 aliphatic carbocycles. The molecule has 0 aliphatic heterocycles. The summed E-state index contributed by atoms with van der Waals surface area (Å²) in [6.07, 6.45) is 4.45. The average Bonchev–Trinajstić information content (AvgIpc) is 3.29. The third-order valence-corrected chi connectivity index (χ3v) is 3.51. The van der Waals surface area contributed by atoms with E-state index in [0.717, 1.165) is 6.54 Å². The first-order chi connectivity index (χ1) is 10.1. The number of aromatic nitrogens is 1. The summed E-state index contributed by atoms with van der Waals surface area (Å²) in [5.41, 5.74) is 1.05. The molecule has 4 nitrogen and oxygen atoms in total. The molecule has 1 amide bonds. The van der Waals surface area contributed by atoms with Gasteiger partial charge in [-0.2, -0.15) is 0 Å². The van der Waals surface area contributed by atoms with Crippen molar-refractivity contribution in [2.24, 2.45) is 5.92 Å². The first-order valence-corrected chi connectivity index (χ1v) is 7.49. The molecule has 4 heteroatoms. The van der Waals surface area contributed by atoms with Crippen LogP contribution in [-0.4, -0.2) is 40.1 Å². The smallest absolute Gasteiger partial charge is 0.273 e. The highest BCUT2D eigenvalue weighted by Gasteiger charge is 2.29. The molecule has 1 aliphatic rings. The summed E-state index contributed by atoms with van der Waals surface area (Å²) >= 11 is 0. The van der Waals surface area contributed by atoms with Gasteiger partial charge in [-0.3, -0.25) is 4.79 Å². The Morgan fingerprint density at radius 3 is 2.90 bits per heavy atom. The third kappa shape index (κ3) is 4.30. The van der Waals surface area contributed by atoms with Crippen LogP contribution in [0.25, 0.3) is 0 Å². The monoisotopic (exact) mass is 286 g/mol. The molecular formula is C17H22N2O2. The first kappa shape index (κ1) is 15.5. The fraction of sp³-hybridized carbons (Fsp3) is 0.529. The molecule has 0 atom stereocenters. The van der Waals surface area contributed by atoms with Crippen molar-refractivity contribution in [2.45, 2.75) is 39.2 Å². The molecule has 1 fully saturated rings. The summed E-state index contributed by atoms with van der Waals surface area (Å²) in [5.74, 6) is 6.39. The minimum atomic E-state index is -0.0502. The van der Waals surface area contributed by atoms with Crippen LogP contribution in [0.3, 0.4) is 0 Å². The zero-order valence-corrected chi connectivity index (χ0v) is 12.7. The van der Waals surface area contributed by atoms with E-state index in [0.29, 0.717) is 23.6 Å². The highest BCUT2D eigenvalue weighted by Crippen LogP contribution is 2.30. The van der Waals surface area contributed by atoms with Gasteiger partial charge in [0.15, 0.2) is 0 Å². The fourth-order valence-electron chi connectivity index (χ4n) is 2.13. The summed E-state index contributed by atoms with van der Waals surface area (Å²) in [4.78, 5) is 18.9. The van der Waals surface area contributed by atoms with E-state index in [-0.39, 0.29) is 18.6 Å². The van der Waals surface area contributed by atoms with Crippen LogP contribution < -0.4 is 0 Å². The van der Waals surface area contributed by atoms with Crippen LogP contribution in [0.1, 0.15) is 49.2 Å². The highest BCUT2D eigenvalue weighted by molar-refractivity contribution is 5.95. The number of pyridine rings is 1. The predicted octanol–water partition coefficient (Wildman–Crippen LogP) is 2.08. The minimum absolute atomic E-state index is 0.0241. The average molecular weight is 286 g/mol. The van der Waals surface area contributed by atoms with Crippen molar-refractivity contribution in [3.63, 3.8) is 0 Å². The lowest BCUT2D eigenvalue weighted by atomic mass is 10.1. The Labute approximate surface area is 126 Å². The molecule has 1 saturated carbocycles. The Morgan fingerprint density at radius 2 is 2.29 bits per heavy atom. The number of carbonyl (C=O) groups is 1. The summed E-state index contributed by atoms with van der Waals surface area (Å²) in [5, 5.41) is 8.80. The maximum atomic E-state index is 12.7. The lowest BCUT2D eigenvalue weighted by Gasteiger charge is -2.26. The van der Waals surface area contributed by atoms with Gasteiger partial charge in [-0.1, -0.05) is 11.8 Å². The van der Waals surface area contributed by atoms with E-state index in [1.54, 1.807) is 18.3 Å². The van der Waals surface area contributed by atoms with Crippen LogP contribution >= 0.6 is 0 Å². The van der Waals surface area contributed by atoms with Gasteiger partial charge in [-0.15, -0.1) is 0 Å². The number of amides is 1. The Kier molecular flexibility index (Phi) is 5.35. The SMILES string of the molecule is CC(C)N(CC1CC1)C(=O)c1ncccc1C#CCCO. The standard InChI is InChI=1S/C17H22N2O2/c1-13(2)19(12-14-8-9-14)17(21)16-15(6-3-4-11-20)7-5-10-18-16/h5,7,10,13-14,20H,4,8-9,11-12H2,1-2H3. The molecule has 0 spiro atoms. The lowest BCUT2D eigenvalue weighted by molar-refractivity contribution is 0.0690. The zero-order chi connectivity index (χ0) is 15.2. The molecule has 0 aromatic carbocycles. The van der Waals surface area contributed by atoms with Gasteiger partial charge in [0.05, 0.1) is 12.2 Å². The summed E-state index contributed by atoms with van der Waals surface area (Å²) in [6.45, 7) is 4.88. The molecule has 112 valence electrons. The number of aliphatic hydroxyl groups is 1. The van der Waals surface area contributed by atoms with Gasteiger partial charge in [-0.05, 0) is 44.7 Å². The van der Waals surface area contributed by atoms with E-state index in [1.165, 1.54) is 12.8 Å². The van der Waals surface area contributed by atoms with Gasteiger partial charge in [0.25, 0.3) is 5.91 Å². The van der Waals surface area contributed by atoms with Crippen molar-refractivity contribution in [3.05, 3.63) is 29.6 Å². The number of hydrogen-bond donors (Lipinski definition) is 1. The molecule has 0 saturated heterocycles. The topological polar surface area (TPSA) is 53.4 Å². The second-order valence-electron chi connectivity index (χ2n) is 5.67. The van der Waals surface area contributed by atoms with Gasteiger partial charge in [-0.25, -0.2) is 4.98 Å². The second-order valence-corrected chi connectivity index (χ2v) is 5.67. The second kappa shape index (κ2) is 7.24. The molecule has 0 bridgehead atoms. The third-order valence-electron chi connectivity index (χ3n) is 3.51. The van der Waals surface area contributed by atoms with Gasteiger partial charge >= 0.3 is 0 Å². The van der Waals surface area contributed by atoms with E-state index in [2.05, 4.69) is 16.8 Å². The van der Waals surface area contributed by atoms with Gasteiger partial charge in [0.1, 0.15) is 5.69 Å². The predicted molar refractivity (Wildman–Crippen MR) is 81.7 cm³/mol. The maximum Gasteiger partial charge on any atom is 0.273 e. The number of carbonyl (C=O) groups excluding carboxylic acids is 1. The number of hydrogen-bond acceptors (Lipinski definition) is 3. The van der Waals surface area contributed by atoms with E-state index >= 15 is 0 Å². The van der Waals surface area contributed by atoms with Crippen molar-refractivity contribution < 1.29 is 9.90 Å². The first-order valence-electron chi connectivity index (χ1n) is 7.49. The van der Waals surface area contributed by atoms with E-state index in [4.69, 9.17) is 5.11 Å². The van der Waals surface area contributed by atoms with Crippen LogP contribution in [-0.2, 0) is 0 Å². The van der Waals surface area contributed by atoms with E-state index < -0.39 is 0 Å². The van der Waals surface area contributed by atoms with Crippen molar-refractivity contribution >= 4 is 5.91 Å². The Morgan fingerprint density at radius 1 is 1.52 bits per heavy atom. The van der Waals surface area contributed by atoms with Crippen LogP contribution in [0.2, 0.25) is 0 Å². The summed E-state index contributed by atoms with van der Waals surface area (Å²) in [6, 6.07) is 3.74. The molecule has 2 rings (SSSR count). The van der Waals surface area contributed by atoms with Crippen molar-refractivity contribution in [3.8, 4) is 11.8 Å². The molecule has 1 aromatic heterocycles. The molecular weight excluding hydrogens is 264 g/mol. The summed E-state index contributed by atoms with van der Waals surface area (Å²) in [7, 11) is 0. The minimum Gasteiger partial charge on any atom is -0.395 e. The van der Waals surface area contributed by atoms with Crippen LogP contribution in [0.15, 0.2) is 18.3 Å². The van der Waals surface area contributed by atoms with E-state index in [9.17, 15) is 4.79 Å². The van der Waals surface area contributed by atoms with Crippen LogP contribution in [0.4, 0.5) is 0 Å². The summed E-state index contributed by atoms with van der Waals surface area (Å²) < 4.78 is 0. The zero-order valence-electron chi connectivity index (χ0n) is 12.7. The van der Waals surface area contributed by atoms with Crippen molar-refractivity contribution in [1.82, 2.24) is 9.88 Å². The maximum absolute atomic E-state index is 12.7. The number of aliphatic hydroxyl groups excluding tert-OH is 1. The Hall–Kier alpha value is -1.86. The molecule has 0 unspecified atom stereocenters. The van der Waals surface area contributed by atoms with Crippen molar-refractivity contribution in [2.75, 3.05) is 13.2 Å². The van der Waals surface area contributed by atoms with Crippen LogP contribution in [0.5, 0.6) is 0 Å². The Bertz CT molecular complexity index is 553. The number of rotatable bonds is 5. The van der Waals surface area contributed by atoms with E-state index in [1.807, 2.05) is 18.7 Å². The fourth-order valence-corrected chi connectivity index (χ4v) is 2.13. The quantitative estimate of drug-likeness (QED) is 0.843. The van der Waals surface area contributed by atoms with Crippen LogP contribution in [0, 0.1) is 17.8 Å². The molecule has 1 aromatic rings. The molecule has 0 radical (unpaired) electrons. The van der Waals surface area contributed by atoms with Gasteiger partial charge in [0.2, 0.25) is 0 Å². The van der Waals surface area contributed by atoms with Gasteiger partial charge < -0.3 is 10.0 Å². The van der Waals surface area contributed by atoms with Gasteiger partial charge in [0, 0.05) is 25.2 Å². The highest BCUT2D eigenvalue weighted by atomic mass is 16.2. The molecule has 21 heavy (non-hydrogen) atoms. The normalized spacial score (nSPS) is 13.7.